The van der Waals surface area contributed by atoms with Crippen LogP contribution >= 0.6 is 0 Å². The Hall–Kier alpha value is -1.42. The first-order chi connectivity index (χ1) is 8.83. The molecule has 0 saturated carbocycles. The number of nitrogen functional groups attached to an aromatic ring is 1. The molecular formula is C15H26N2O2. The Bertz CT molecular complexity index is 425. The summed E-state index contributed by atoms with van der Waals surface area (Å²) in [5.74, 6) is 1.39. The average Bonchev–Trinajstić information content (AvgIpc) is 2.35. The van der Waals surface area contributed by atoms with Crippen molar-refractivity contribution in [3.8, 4) is 11.5 Å². The highest BCUT2D eigenvalue weighted by molar-refractivity contribution is 5.57. The molecule has 0 amide bonds. The Kier molecular flexibility index (Phi) is 5.06. The maximum atomic E-state index is 6.10. The lowest BCUT2D eigenvalue weighted by Crippen LogP contribution is -2.40. The number of rotatable bonds is 5. The summed E-state index contributed by atoms with van der Waals surface area (Å²) in [6.45, 7) is 10.5. The van der Waals surface area contributed by atoms with E-state index in [1.165, 1.54) is 0 Å². The molecule has 0 spiro atoms. The van der Waals surface area contributed by atoms with E-state index in [-0.39, 0.29) is 5.54 Å². The highest BCUT2D eigenvalue weighted by Gasteiger charge is 2.21. The van der Waals surface area contributed by atoms with Crippen molar-refractivity contribution in [1.82, 2.24) is 4.90 Å². The molecule has 1 rings (SSSR count). The molecule has 0 bridgehead atoms. The highest BCUT2D eigenvalue weighted by atomic mass is 16.5. The third-order valence-corrected chi connectivity index (χ3v) is 3.34. The zero-order chi connectivity index (χ0) is 14.6. The van der Waals surface area contributed by atoms with Crippen LogP contribution in [0.25, 0.3) is 0 Å². The molecule has 0 radical (unpaired) electrons. The Balaban J connectivity index is 3.07. The van der Waals surface area contributed by atoms with Gasteiger partial charge in [0, 0.05) is 23.8 Å². The van der Waals surface area contributed by atoms with Gasteiger partial charge in [-0.1, -0.05) is 6.92 Å². The molecule has 0 fully saturated rings. The average molecular weight is 266 g/mol. The normalized spacial score (nSPS) is 11.7. The van der Waals surface area contributed by atoms with Gasteiger partial charge in [0.05, 0.1) is 14.2 Å². The molecule has 19 heavy (non-hydrogen) atoms. The lowest BCUT2D eigenvalue weighted by Gasteiger charge is -2.35. The maximum Gasteiger partial charge on any atom is 0.162 e. The summed E-state index contributed by atoms with van der Waals surface area (Å²) in [6, 6.07) is 3.78. The fourth-order valence-electron chi connectivity index (χ4n) is 2.10. The standard InChI is InChI=1S/C15H26N2O2/c1-7-17(15(2,3)4)10-11-8-13(18-5)14(19-6)9-12(11)16/h8-9H,7,10,16H2,1-6H3. The number of nitrogens with zero attached hydrogens (tertiary/aromatic N) is 1. The molecule has 0 aliphatic heterocycles. The Morgan fingerprint density at radius 1 is 1.11 bits per heavy atom. The van der Waals surface area contributed by atoms with Gasteiger partial charge in [-0.2, -0.15) is 0 Å². The van der Waals surface area contributed by atoms with Crippen LogP contribution in [0.2, 0.25) is 0 Å². The fourth-order valence-corrected chi connectivity index (χ4v) is 2.10. The Morgan fingerprint density at radius 2 is 1.63 bits per heavy atom. The lowest BCUT2D eigenvalue weighted by atomic mass is 10.0. The van der Waals surface area contributed by atoms with Gasteiger partial charge in [0.25, 0.3) is 0 Å². The summed E-state index contributed by atoms with van der Waals surface area (Å²) < 4.78 is 10.6. The van der Waals surface area contributed by atoms with Crippen molar-refractivity contribution >= 4 is 5.69 Å². The Labute approximate surface area is 116 Å². The number of hydrogen-bond donors (Lipinski definition) is 1. The number of nitrogens with two attached hydrogens (primary N) is 1. The number of benzene rings is 1. The van der Waals surface area contributed by atoms with Gasteiger partial charge in [-0.15, -0.1) is 0 Å². The van der Waals surface area contributed by atoms with Crippen molar-refractivity contribution in [3.05, 3.63) is 17.7 Å². The minimum atomic E-state index is 0.106. The van der Waals surface area contributed by atoms with E-state index in [1.807, 2.05) is 12.1 Å². The summed E-state index contributed by atoms with van der Waals surface area (Å²) in [5, 5.41) is 0. The molecule has 0 aliphatic carbocycles. The van der Waals surface area contributed by atoms with Crippen LogP contribution in [0.3, 0.4) is 0 Å². The van der Waals surface area contributed by atoms with E-state index in [2.05, 4.69) is 32.6 Å². The van der Waals surface area contributed by atoms with Crippen LogP contribution in [0.4, 0.5) is 5.69 Å². The molecule has 1 aromatic carbocycles. The molecule has 2 N–H and O–H groups in total. The van der Waals surface area contributed by atoms with Crippen molar-refractivity contribution in [3.63, 3.8) is 0 Å². The third kappa shape index (κ3) is 3.77. The Morgan fingerprint density at radius 3 is 2.05 bits per heavy atom. The van der Waals surface area contributed by atoms with Crippen LogP contribution in [-0.4, -0.2) is 31.2 Å². The zero-order valence-electron chi connectivity index (χ0n) is 12.9. The van der Waals surface area contributed by atoms with Crippen LogP contribution < -0.4 is 15.2 Å². The zero-order valence-corrected chi connectivity index (χ0v) is 12.9. The molecule has 0 atom stereocenters. The first-order valence-corrected chi connectivity index (χ1v) is 6.58. The summed E-state index contributed by atoms with van der Waals surface area (Å²) in [7, 11) is 3.25. The minimum Gasteiger partial charge on any atom is -0.493 e. The second kappa shape index (κ2) is 6.15. The van der Waals surface area contributed by atoms with Gasteiger partial charge in [0.1, 0.15) is 0 Å². The van der Waals surface area contributed by atoms with Crippen LogP contribution in [-0.2, 0) is 6.54 Å². The molecule has 108 valence electrons. The summed E-state index contributed by atoms with van der Waals surface area (Å²) in [5.41, 5.74) is 8.01. The molecule has 1 aromatic rings. The van der Waals surface area contributed by atoms with Crippen molar-refractivity contribution in [2.75, 3.05) is 26.5 Å². The van der Waals surface area contributed by atoms with E-state index in [0.717, 1.165) is 30.1 Å². The maximum absolute atomic E-state index is 6.10. The summed E-state index contributed by atoms with van der Waals surface area (Å²) in [6.07, 6.45) is 0. The van der Waals surface area contributed by atoms with E-state index in [0.29, 0.717) is 5.75 Å². The smallest absolute Gasteiger partial charge is 0.162 e. The van der Waals surface area contributed by atoms with Crippen LogP contribution in [0.15, 0.2) is 12.1 Å². The van der Waals surface area contributed by atoms with Gasteiger partial charge >= 0.3 is 0 Å². The first kappa shape index (κ1) is 15.6. The number of anilines is 1. The van der Waals surface area contributed by atoms with Gasteiger partial charge in [-0.05, 0) is 38.9 Å². The van der Waals surface area contributed by atoms with Crippen molar-refractivity contribution in [2.24, 2.45) is 0 Å². The van der Waals surface area contributed by atoms with Crippen molar-refractivity contribution in [2.45, 2.75) is 39.8 Å². The van der Waals surface area contributed by atoms with Gasteiger partial charge in [0.2, 0.25) is 0 Å². The lowest BCUT2D eigenvalue weighted by molar-refractivity contribution is 0.136. The van der Waals surface area contributed by atoms with Crippen LogP contribution in [0, 0.1) is 0 Å². The SMILES string of the molecule is CCN(Cc1cc(OC)c(OC)cc1N)C(C)(C)C. The molecule has 0 aromatic heterocycles. The summed E-state index contributed by atoms with van der Waals surface area (Å²) in [4.78, 5) is 2.37. The molecule has 0 heterocycles. The second-order valence-electron chi connectivity index (χ2n) is 5.59. The topological polar surface area (TPSA) is 47.7 Å². The van der Waals surface area contributed by atoms with E-state index in [1.54, 1.807) is 14.2 Å². The van der Waals surface area contributed by atoms with Gasteiger partial charge in [-0.3, -0.25) is 4.90 Å². The monoisotopic (exact) mass is 266 g/mol. The summed E-state index contributed by atoms with van der Waals surface area (Å²) >= 11 is 0. The largest absolute Gasteiger partial charge is 0.493 e. The minimum absolute atomic E-state index is 0.106. The van der Waals surface area contributed by atoms with E-state index in [4.69, 9.17) is 15.2 Å². The molecule has 4 heteroatoms. The number of ether oxygens (including phenoxy) is 2. The predicted octanol–water partition coefficient (Wildman–Crippen LogP) is 2.91. The fraction of sp³-hybridized carbons (Fsp3) is 0.600. The predicted molar refractivity (Wildman–Crippen MR) is 79.8 cm³/mol. The van der Waals surface area contributed by atoms with Gasteiger partial charge in [-0.25, -0.2) is 0 Å². The van der Waals surface area contributed by atoms with E-state index in [9.17, 15) is 0 Å². The van der Waals surface area contributed by atoms with Crippen molar-refractivity contribution in [1.29, 1.82) is 0 Å². The first-order valence-electron chi connectivity index (χ1n) is 6.58. The number of hydrogen-bond acceptors (Lipinski definition) is 4. The second-order valence-corrected chi connectivity index (χ2v) is 5.59. The van der Waals surface area contributed by atoms with Gasteiger partial charge in [0.15, 0.2) is 11.5 Å². The molecule has 0 saturated heterocycles. The highest BCUT2D eigenvalue weighted by Crippen LogP contribution is 2.33. The molecule has 4 nitrogen and oxygen atoms in total. The van der Waals surface area contributed by atoms with Crippen LogP contribution in [0.5, 0.6) is 11.5 Å². The molecular weight excluding hydrogens is 240 g/mol. The number of methoxy groups -OCH3 is 2. The third-order valence-electron chi connectivity index (χ3n) is 3.34. The molecule has 0 aliphatic rings. The van der Waals surface area contributed by atoms with Crippen LogP contribution in [0.1, 0.15) is 33.3 Å². The van der Waals surface area contributed by atoms with Gasteiger partial charge < -0.3 is 15.2 Å². The van der Waals surface area contributed by atoms with Crippen molar-refractivity contribution < 1.29 is 9.47 Å². The quantitative estimate of drug-likeness (QED) is 0.832. The van der Waals surface area contributed by atoms with E-state index >= 15 is 0 Å². The molecule has 0 unspecified atom stereocenters. The van der Waals surface area contributed by atoms with E-state index < -0.39 is 0 Å².